The van der Waals surface area contributed by atoms with Gasteiger partial charge in [0.15, 0.2) is 0 Å². The van der Waals surface area contributed by atoms with E-state index in [2.05, 4.69) is 4.98 Å². The van der Waals surface area contributed by atoms with Crippen molar-refractivity contribution in [2.45, 2.75) is 39.7 Å². The van der Waals surface area contributed by atoms with Crippen molar-refractivity contribution < 1.29 is 27.5 Å². The molecule has 0 aliphatic rings. The number of amides is 2. The minimum atomic E-state index is -3.98. The fourth-order valence-electron chi connectivity index (χ4n) is 4.12. The van der Waals surface area contributed by atoms with E-state index in [0.717, 1.165) is 17.5 Å². The van der Waals surface area contributed by atoms with E-state index < -0.39 is 16.1 Å². The van der Waals surface area contributed by atoms with Crippen LogP contribution < -0.4 is 18.9 Å². The van der Waals surface area contributed by atoms with Crippen LogP contribution in [-0.4, -0.2) is 57.9 Å². The van der Waals surface area contributed by atoms with Crippen LogP contribution in [0.15, 0.2) is 42.5 Å². The highest BCUT2D eigenvalue weighted by Gasteiger charge is 2.24. The fraction of sp³-hybridized carbons (Fsp3) is 0.370. The molecule has 0 bridgehead atoms. The van der Waals surface area contributed by atoms with Gasteiger partial charge in [-0.25, -0.2) is 14.4 Å². The van der Waals surface area contributed by atoms with Gasteiger partial charge in [-0.05, 0) is 43.9 Å². The predicted molar refractivity (Wildman–Crippen MR) is 151 cm³/mol. The highest BCUT2D eigenvalue weighted by molar-refractivity contribution is 7.88. The Bertz CT molecular complexity index is 1380. The second kappa shape index (κ2) is 13.5. The van der Waals surface area contributed by atoms with Gasteiger partial charge in [-0.3, -0.25) is 9.59 Å². The number of aromatic nitrogens is 1. The maximum absolute atomic E-state index is 13.8. The van der Waals surface area contributed by atoms with E-state index in [-0.39, 0.29) is 18.1 Å². The summed E-state index contributed by atoms with van der Waals surface area (Å²) in [6, 6.07) is 13.4. The molecule has 0 atom stereocenters. The number of benzene rings is 2. The van der Waals surface area contributed by atoms with Crippen LogP contribution in [-0.2, 0) is 29.6 Å². The van der Waals surface area contributed by atoms with Crippen molar-refractivity contribution in [2.24, 2.45) is 0 Å². The molecule has 2 aromatic carbocycles. The maximum atomic E-state index is 13.8. The zero-order valence-electron chi connectivity index (χ0n) is 22.7. The summed E-state index contributed by atoms with van der Waals surface area (Å²) < 4.78 is 38.6. The molecule has 1 heterocycles. The van der Waals surface area contributed by atoms with Crippen molar-refractivity contribution >= 4 is 33.4 Å². The van der Waals surface area contributed by atoms with Gasteiger partial charge in [-0.15, -0.1) is 11.3 Å². The maximum Gasteiger partial charge on any atom is 0.301 e. The van der Waals surface area contributed by atoms with Crippen LogP contribution in [0.5, 0.6) is 11.5 Å². The smallest absolute Gasteiger partial charge is 0.301 e. The summed E-state index contributed by atoms with van der Waals surface area (Å²) in [4.78, 5) is 32.9. The summed E-state index contributed by atoms with van der Waals surface area (Å²) in [6.45, 7) is 4.24. The van der Waals surface area contributed by atoms with E-state index in [9.17, 15) is 18.0 Å². The first kappa shape index (κ1) is 30.1. The number of nitrogens with one attached hydrogen (secondary N) is 2. The zero-order valence-corrected chi connectivity index (χ0v) is 24.4. The van der Waals surface area contributed by atoms with Crippen LogP contribution in [0.2, 0.25) is 0 Å². The van der Waals surface area contributed by atoms with Crippen molar-refractivity contribution in [1.29, 1.82) is 0 Å². The van der Waals surface area contributed by atoms with Gasteiger partial charge >= 0.3 is 10.2 Å². The Morgan fingerprint density at radius 3 is 2.28 bits per heavy atom. The van der Waals surface area contributed by atoms with Gasteiger partial charge in [0.25, 0.3) is 11.8 Å². The summed E-state index contributed by atoms with van der Waals surface area (Å²) in [5, 5.41) is 0.511. The summed E-state index contributed by atoms with van der Waals surface area (Å²) in [7, 11) is 0.331. The van der Waals surface area contributed by atoms with Crippen LogP contribution in [0.3, 0.4) is 0 Å². The van der Waals surface area contributed by atoms with E-state index in [1.807, 2.05) is 46.7 Å². The summed E-state index contributed by atoms with van der Waals surface area (Å²) in [5.41, 5.74) is 2.44. The highest BCUT2D eigenvalue weighted by Crippen LogP contribution is 2.32. The molecule has 3 aromatic rings. The summed E-state index contributed by atoms with van der Waals surface area (Å²) in [6.07, 6.45) is 2.15. The quantitative estimate of drug-likeness (QED) is 0.320. The molecule has 3 rings (SSSR count). The normalized spacial score (nSPS) is 11.2. The van der Waals surface area contributed by atoms with Crippen molar-refractivity contribution in [1.82, 2.24) is 19.3 Å². The molecule has 0 spiro atoms. The van der Waals surface area contributed by atoms with Crippen molar-refractivity contribution in [2.75, 3.05) is 27.8 Å². The monoisotopic (exact) mass is 574 g/mol. The number of nitrogens with zero attached hydrogens (tertiary/aromatic N) is 2. The molecule has 12 heteroatoms. The lowest BCUT2D eigenvalue weighted by atomic mass is 10.0. The molecule has 0 saturated carbocycles. The molecule has 0 fully saturated rings. The Morgan fingerprint density at radius 2 is 1.72 bits per heavy atom. The number of hydrogen-bond donors (Lipinski definition) is 2. The third kappa shape index (κ3) is 7.78. The average molecular weight is 575 g/mol. The molecule has 0 aliphatic heterocycles. The van der Waals surface area contributed by atoms with Gasteiger partial charge in [0.05, 0.1) is 20.8 Å². The molecule has 1 aromatic heterocycles. The van der Waals surface area contributed by atoms with Crippen LogP contribution in [0, 0.1) is 6.92 Å². The zero-order chi connectivity index (χ0) is 28.6. The molecule has 2 amide bonds. The Kier molecular flexibility index (Phi) is 10.4. The van der Waals surface area contributed by atoms with Crippen molar-refractivity contribution in [3.8, 4) is 11.5 Å². The minimum Gasteiger partial charge on any atom is -0.496 e. The lowest BCUT2D eigenvalue weighted by molar-refractivity contribution is 0.0740. The Labute approximate surface area is 233 Å². The summed E-state index contributed by atoms with van der Waals surface area (Å²) >= 11 is 1.24. The minimum absolute atomic E-state index is 0.00106. The molecule has 210 valence electrons. The SMILES string of the molecule is CCc1c(OC)cc(C(=O)N(CCCc2ccccc2)Cc2nc(C(=O)NS(=O)(=O)NC)c(C)s2)cc1OC. The molecule has 0 radical (unpaired) electrons. The van der Waals surface area contributed by atoms with E-state index in [1.165, 1.54) is 18.4 Å². The molecular weight excluding hydrogens is 540 g/mol. The lowest BCUT2D eigenvalue weighted by Gasteiger charge is -2.23. The number of hydrogen-bond acceptors (Lipinski definition) is 8. The number of aryl methyl sites for hydroxylation is 2. The number of rotatable bonds is 13. The number of ether oxygens (including phenoxy) is 2. The predicted octanol–water partition coefficient (Wildman–Crippen LogP) is 3.50. The average Bonchev–Trinajstić information content (AvgIpc) is 3.31. The van der Waals surface area contributed by atoms with E-state index in [4.69, 9.17) is 9.47 Å². The molecule has 0 aliphatic carbocycles. The highest BCUT2D eigenvalue weighted by atomic mass is 32.2. The lowest BCUT2D eigenvalue weighted by Crippen LogP contribution is -2.38. The van der Waals surface area contributed by atoms with Gasteiger partial charge in [-0.2, -0.15) is 8.42 Å². The first-order chi connectivity index (χ1) is 18.6. The number of carbonyl (C=O) groups excluding carboxylic acids is 2. The van der Waals surface area contributed by atoms with Gasteiger partial charge in [0, 0.05) is 29.6 Å². The van der Waals surface area contributed by atoms with E-state index in [0.29, 0.717) is 46.3 Å². The van der Waals surface area contributed by atoms with Crippen molar-refractivity contribution in [3.05, 3.63) is 74.7 Å². The molecule has 0 unspecified atom stereocenters. The summed E-state index contributed by atoms with van der Waals surface area (Å²) in [5.74, 6) is 0.0633. The Morgan fingerprint density at radius 1 is 1.08 bits per heavy atom. The molecule has 10 nitrogen and oxygen atoms in total. The molecule has 0 saturated heterocycles. The standard InChI is InChI=1S/C27H34N4O6S2/c1-6-21-22(36-4)15-20(16-23(21)37-5)27(33)31(14-10-13-19-11-8-7-9-12-19)17-24-29-25(18(2)38-24)26(32)30-39(34,35)28-3/h7-9,11-12,15-16,28H,6,10,13-14,17H2,1-5H3,(H,30,32). The van der Waals surface area contributed by atoms with Gasteiger partial charge in [0.2, 0.25) is 0 Å². The van der Waals surface area contributed by atoms with Gasteiger partial charge < -0.3 is 14.4 Å². The van der Waals surface area contributed by atoms with Crippen LogP contribution in [0.25, 0.3) is 0 Å². The number of thiazole rings is 1. The van der Waals surface area contributed by atoms with Crippen LogP contribution in [0.1, 0.15) is 55.2 Å². The van der Waals surface area contributed by atoms with Crippen LogP contribution >= 0.6 is 11.3 Å². The third-order valence-electron chi connectivity index (χ3n) is 6.11. The first-order valence-electron chi connectivity index (χ1n) is 12.4. The van der Waals surface area contributed by atoms with E-state index >= 15 is 0 Å². The van der Waals surface area contributed by atoms with Gasteiger partial charge in [0.1, 0.15) is 22.2 Å². The topological polar surface area (TPSA) is 127 Å². The second-order valence-corrected chi connectivity index (χ2v) is 11.6. The molecule has 39 heavy (non-hydrogen) atoms. The Hall–Kier alpha value is -3.48. The van der Waals surface area contributed by atoms with Crippen LogP contribution in [0.4, 0.5) is 0 Å². The number of methoxy groups -OCH3 is 2. The largest absolute Gasteiger partial charge is 0.496 e. The third-order valence-corrected chi connectivity index (χ3v) is 8.06. The molecule has 2 N–H and O–H groups in total. The van der Waals surface area contributed by atoms with Crippen molar-refractivity contribution in [3.63, 3.8) is 0 Å². The first-order valence-corrected chi connectivity index (χ1v) is 14.7. The Balaban J connectivity index is 1.90. The fourth-order valence-corrected chi connectivity index (χ4v) is 5.51. The second-order valence-electron chi connectivity index (χ2n) is 8.68. The molecular formula is C27H34N4O6S2. The number of carbonyl (C=O) groups is 2. The van der Waals surface area contributed by atoms with E-state index in [1.54, 1.807) is 38.2 Å². The van der Waals surface area contributed by atoms with Gasteiger partial charge in [-0.1, -0.05) is 37.3 Å².